The first-order valence-corrected chi connectivity index (χ1v) is 5.76. The molecule has 3 rings (SSSR count). The molecule has 0 radical (unpaired) electrons. The van der Waals surface area contributed by atoms with E-state index in [0.717, 1.165) is 24.6 Å². The van der Waals surface area contributed by atoms with Gasteiger partial charge in [0.1, 0.15) is 5.84 Å². The molecular formula is C12H15N5O3. The highest BCUT2D eigenvalue weighted by molar-refractivity contribution is 5.98. The second-order valence-corrected chi connectivity index (χ2v) is 3.44. The number of aliphatic imine (C=N–C) groups is 1. The van der Waals surface area contributed by atoms with E-state index >= 15 is 0 Å². The Kier molecular flexibility index (Phi) is 6.89. The topological polar surface area (TPSA) is 123 Å². The first kappa shape index (κ1) is 15.2. The second-order valence-electron chi connectivity index (χ2n) is 3.44. The van der Waals surface area contributed by atoms with Gasteiger partial charge in [-0.2, -0.15) is 10.2 Å². The molecule has 0 saturated carbocycles. The van der Waals surface area contributed by atoms with Crippen LogP contribution in [0, 0.1) is 0 Å². The van der Waals surface area contributed by atoms with Gasteiger partial charge in [0.25, 0.3) is 0 Å². The number of amidine groups is 1. The predicted octanol–water partition coefficient (Wildman–Crippen LogP) is 1.06. The van der Waals surface area contributed by atoms with Gasteiger partial charge in [0.05, 0.1) is 12.2 Å². The number of hydrogen-bond acceptors (Lipinski definition) is 5. The van der Waals surface area contributed by atoms with Crippen molar-refractivity contribution in [3.05, 3.63) is 48.5 Å². The standard InChI is InChI=1S/C7H9N3.C4H4N2.CH2O3/c1-2-6(8-3-1)7-9-4-5-10-7;1-2-4-6-5-3-1;2-1(3)4/h1-3,8H,4-5H2,(H,9,10);1-4H;(H2,2,3,4). The van der Waals surface area contributed by atoms with Gasteiger partial charge in [-0.05, 0) is 24.3 Å². The molecule has 0 aliphatic carbocycles. The van der Waals surface area contributed by atoms with Gasteiger partial charge in [-0.3, -0.25) is 4.99 Å². The van der Waals surface area contributed by atoms with Crippen LogP contribution in [0.1, 0.15) is 5.69 Å². The highest BCUT2D eigenvalue weighted by atomic mass is 16.6. The van der Waals surface area contributed by atoms with Crippen molar-refractivity contribution in [1.29, 1.82) is 0 Å². The van der Waals surface area contributed by atoms with Crippen molar-refractivity contribution in [2.75, 3.05) is 13.1 Å². The molecule has 8 heteroatoms. The largest absolute Gasteiger partial charge is 0.503 e. The van der Waals surface area contributed by atoms with Gasteiger partial charge in [0, 0.05) is 25.1 Å². The summed E-state index contributed by atoms with van der Waals surface area (Å²) in [5, 5.41) is 24.2. The molecule has 0 saturated heterocycles. The number of carboxylic acid groups (broad SMARTS) is 2. The minimum Gasteiger partial charge on any atom is -0.450 e. The molecule has 0 amide bonds. The molecule has 8 nitrogen and oxygen atoms in total. The van der Waals surface area contributed by atoms with E-state index in [9.17, 15) is 0 Å². The maximum Gasteiger partial charge on any atom is 0.503 e. The van der Waals surface area contributed by atoms with Crippen LogP contribution < -0.4 is 5.32 Å². The summed E-state index contributed by atoms with van der Waals surface area (Å²) in [6, 6.07) is 7.63. The van der Waals surface area contributed by atoms with E-state index in [0.29, 0.717) is 0 Å². The van der Waals surface area contributed by atoms with Crippen LogP contribution in [0.25, 0.3) is 0 Å². The lowest BCUT2D eigenvalue weighted by molar-refractivity contribution is 0.137. The Balaban J connectivity index is 0.000000172. The van der Waals surface area contributed by atoms with E-state index in [4.69, 9.17) is 15.0 Å². The van der Waals surface area contributed by atoms with E-state index < -0.39 is 6.16 Å². The van der Waals surface area contributed by atoms with Crippen molar-refractivity contribution in [2.45, 2.75) is 0 Å². The first-order valence-electron chi connectivity index (χ1n) is 5.76. The average Bonchev–Trinajstić information content (AvgIpc) is 3.14. The molecule has 106 valence electrons. The number of carbonyl (C=O) groups is 1. The minimum atomic E-state index is -1.83. The Morgan fingerprint density at radius 3 is 2.15 bits per heavy atom. The van der Waals surface area contributed by atoms with Gasteiger partial charge in [-0.15, -0.1) is 0 Å². The summed E-state index contributed by atoms with van der Waals surface area (Å²) in [7, 11) is 0. The molecule has 1 aliphatic heterocycles. The van der Waals surface area contributed by atoms with Crippen molar-refractivity contribution >= 4 is 12.0 Å². The number of rotatable bonds is 1. The Morgan fingerprint density at radius 1 is 1.15 bits per heavy atom. The van der Waals surface area contributed by atoms with Crippen molar-refractivity contribution in [3.8, 4) is 0 Å². The van der Waals surface area contributed by atoms with Crippen LogP contribution in [-0.2, 0) is 0 Å². The Hall–Kier alpha value is -2.90. The molecule has 1 aliphatic rings. The lowest BCUT2D eigenvalue weighted by Gasteiger charge is -1.95. The summed E-state index contributed by atoms with van der Waals surface area (Å²) in [6.07, 6.45) is 3.35. The number of aromatic nitrogens is 3. The number of aromatic amines is 1. The minimum absolute atomic E-state index is 0.897. The van der Waals surface area contributed by atoms with Crippen LogP contribution in [0.2, 0.25) is 0 Å². The fourth-order valence-electron chi connectivity index (χ4n) is 1.31. The molecule has 0 spiro atoms. The van der Waals surface area contributed by atoms with E-state index in [1.807, 2.05) is 30.5 Å². The molecule has 3 heterocycles. The van der Waals surface area contributed by atoms with Gasteiger partial charge in [0.2, 0.25) is 0 Å². The fraction of sp³-hybridized carbons (Fsp3) is 0.167. The number of hydrogen-bond donors (Lipinski definition) is 4. The van der Waals surface area contributed by atoms with Crippen LogP contribution >= 0.6 is 0 Å². The summed E-state index contributed by atoms with van der Waals surface area (Å²) >= 11 is 0. The third-order valence-electron chi connectivity index (χ3n) is 2.01. The van der Waals surface area contributed by atoms with Crippen molar-refractivity contribution in [2.24, 2.45) is 4.99 Å². The number of nitrogens with zero attached hydrogens (tertiary/aromatic N) is 3. The third-order valence-corrected chi connectivity index (χ3v) is 2.01. The van der Waals surface area contributed by atoms with Crippen LogP contribution in [0.5, 0.6) is 0 Å². The predicted molar refractivity (Wildman–Crippen MR) is 72.9 cm³/mol. The molecule has 0 atom stereocenters. The smallest absolute Gasteiger partial charge is 0.450 e. The summed E-state index contributed by atoms with van der Waals surface area (Å²) in [5.74, 6) is 0.991. The molecule has 2 aromatic rings. The summed E-state index contributed by atoms with van der Waals surface area (Å²) in [5.41, 5.74) is 1.08. The van der Waals surface area contributed by atoms with E-state index in [1.54, 1.807) is 12.4 Å². The van der Waals surface area contributed by atoms with Gasteiger partial charge < -0.3 is 20.5 Å². The number of nitrogens with one attached hydrogen (secondary N) is 2. The fourth-order valence-corrected chi connectivity index (χ4v) is 1.31. The van der Waals surface area contributed by atoms with Gasteiger partial charge in [-0.25, -0.2) is 4.79 Å². The summed E-state index contributed by atoms with van der Waals surface area (Å²) in [4.78, 5) is 15.9. The quantitative estimate of drug-likeness (QED) is 0.618. The lowest BCUT2D eigenvalue weighted by Crippen LogP contribution is -2.19. The Bertz CT molecular complexity index is 482. The molecule has 0 fully saturated rings. The van der Waals surface area contributed by atoms with Crippen LogP contribution in [-0.4, -0.2) is 50.5 Å². The zero-order chi connectivity index (χ0) is 14.6. The highest BCUT2D eigenvalue weighted by Crippen LogP contribution is 1.98. The van der Waals surface area contributed by atoms with Crippen LogP contribution in [0.3, 0.4) is 0 Å². The summed E-state index contributed by atoms with van der Waals surface area (Å²) < 4.78 is 0. The zero-order valence-electron chi connectivity index (χ0n) is 10.6. The third kappa shape index (κ3) is 6.74. The van der Waals surface area contributed by atoms with E-state index in [2.05, 4.69) is 25.5 Å². The monoisotopic (exact) mass is 277 g/mol. The zero-order valence-corrected chi connectivity index (χ0v) is 10.6. The molecular weight excluding hydrogens is 262 g/mol. The number of H-pyrrole nitrogens is 1. The molecule has 20 heavy (non-hydrogen) atoms. The molecule has 0 aromatic carbocycles. The van der Waals surface area contributed by atoms with Crippen LogP contribution in [0.15, 0.2) is 47.8 Å². The van der Waals surface area contributed by atoms with Crippen molar-refractivity contribution in [1.82, 2.24) is 20.5 Å². The maximum atomic E-state index is 8.56. The molecule has 0 unspecified atom stereocenters. The molecule has 4 N–H and O–H groups in total. The van der Waals surface area contributed by atoms with E-state index in [1.165, 1.54) is 0 Å². The van der Waals surface area contributed by atoms with Crippen molar-refractivity contribution in [3.63, 3.8) is 0 Å². The lowest BCUT2D eigenvalue weighted by atomic mass is 10.4. The normalized spacial score (nSPS) is 11.9. The van der Waals surface area contributed by atoms with Gasteiger partial charge in [-0.1, -0.05) is 0 Å². The maximum absolute atomic E-state index is 8.56. The van der Waals surface area contributed by atoms with Gasteiger partial charge >= 0.3 is 6.16 Å². The average molecular weight is 277 g/mol. The highest BCUT2D eigenvalue weighted by Gasteiger charge is 2.06. The second kappa shape index (κ2) is 9.09. The van der Waals surface area contributed by atoms with E-state index in [-0.39, 0.29) is 0 Å². The van der Waals surface area contributed by atoms with Crippen molar-refractivity contribution < 1.29 is 15.0 Å². The summed E-state index contributed by atoms with van der Waals surface area (Å²) in [6.45, 7) is 1.86. The molecule has 0 bridgehead atoms. The Labute approximate surface area is 115 Å². The first-order chi connectivity index (χ1) is 9.70. The SMILES string of the molecule is O=C(O)O.c1c[nH]c(C2=NCCN2)c1.c1ccnnc1. The van der Waals surface area contributed by atoms with Crippen LogP contribution in [0.4, 0.5) is 4.79 Å². The van der Waals surface area contributed by atoms with Gasteiger partial charge in [0.15, 0.2) is 0 Å². The molecule has 2 aromatic heterocycles. The Morgan fingerprint density at radius 2 is 1.80 bits per heavy atom.